The number of rotatable bonds is 3. The Balaban J connectivity index is 2.13. The van der Waals surface area contributed by atoms with Crippen LogP contribution >= 0.6 is 11.6 Å². The number of anilines is 2. The van der Waals surface area contributed by atoms with Crippen LogP contribution in [0.3, 0.4) is 0 Å². The molecule has 14 heavy (non-hydrogen) atoms. The largest absolute Gasteiger partial charge is 0.476 e. The minimum Gasteiger partial charge on any atom is -0.476 e. The fourth-order valence-electron chi connectivity index (χ4n) is 1.03. The molecule has 1 aromatic rings. The van der Waals surface area contributed by atoms with Gasteiger partial charge in [-0.05, 0) is 18.8 Å². The van der Waals surface area contributed by atoms with Crippen LogP contribution in [0.2, 0.25) is 5.15 Å². The molecular weight excluding hydrogens is 204 g/mol. The quantitative estimate of drug-likeness (QED) is 0.736. The van der Waals surface area contributed by atoms with E-state index in [9.17, 15) is 0 Å². The Morgan fingerprint density at radius 1 is 1.36 bits per heavy atom. The molecule has 1 aliphatic carbocycles. The molecule has 1 fully saturated rings. The van der Waals surface area contributed by atoms with E-state index < -0.39 is 0 Å². The summed E-state index contributed by atoms with van der Waals surface area (Å²) in [6.45, 7) is 0.622. The van der Waals surface area contributed by atoms with Crippen molar-refractivity contribution in [2.45, 2.75) is 12.8 Å². The Kier molecular flexibility index (Phi) is 2.33. The highest BCUT2D eigenvalue weighted by atomic mass is 35.5. The highest BCUT2D eigenvalue weighted by Gasteiger charge is 2.23. The molecule has 0 saturated heterocycles. The van der Waals surface area contributed by atoms with E-state index in [0.717, 1.165) is 0 Å². The smallest absolute Gasteiger partial charge is 0.243 e. The topological polar surface area (TPSA) is 87.0 Å². The molecule has 4 N–H and O–H groups in total. The van der Waals surface area contributed by atoms with Gasteiger partial charge in [0.05, 0.1) is 6.61 Å². The van der Waals surface area contributed by atoms with Gasteiger partial charge >= 0.3 is 0 Å². The van der Waals surface area contributed by atoms with E-state index >= 15 is 0 Å². The maximum Gasteiger partial charge on any atom is 0.243 e. The molecule has 0 aromatic carbocycles. The Morgan fingerprint density at radius 2 is 2.07 bits per heavy atom. The van der Waals surface area contributed by atoms with Crippen LogP contribution in [-0.2, 0) is 0 Å². The first-order valence-corrected chi connectivity index (χ1v) is 4.76. The average molecular weight is 215 g/mol. The lowest BCUT2D eigenvalue weighted by Gasteiger charge is -2.07. The Bertz CT molecular complexity index is 353. The maximum absolute atomic E-state index is 5.71. The van der Waals surface area contributed by atoms with E-state index in [4.69, 9.17) is 27.8 Å². The number of halogens is 1. The molecular formula is C8H11ClN4O. The monoisotopic (exact) mass is 214 g/mol. The zero-order valence-electron chi connectivity index (χ0n) is 7.53. The fraction of sp³-hybridized carbons (Fsp3) is 0.500. The van der Waals surface area contributed by atoms with Crippen LogP contribution in [0.25, 0.3) is 0 Å². The molecule has 0 atom stereocenters. The van der Waals surface area contributed by atoms with E-state index in [2.05, 4.69) is 9.97 Å². The number of nitrogens with two attached hydrogens (primary N) is 2. The van der Waals surface area contributed by atoms with Crippen molar-refractivity contribution in [2.24, 2.45) is 5.92 Å². The lowest BCUT2D eigenvalue weighted by atomic mass is 10.4. The summed E-state index contributed by atoms with van der Waals surface area (Å²) in [5.74, 6) is 0.994. The zero-order chi connectivity index (χ0) is 10.1. The average Bonchev–Trinajstić information content (AvgIpc) is 2.92. The molecule has 1 aromatic heterocycles. The van der Waals surface area contributed by atoms with Crippen LogP contribution in [0, 0.1) is 5.92 Å². The Hall–Kier alpha value is -1.23. The van der Waals surface area contributed by atoms with Gasteiger partial charge in [-0.1, -0.05) is 11.6 Å². The minimum absolute atomic E-state index is 0.0787. The van der Waals surface area contributed by atoms with Gasteiger partial charge in [0.1, 0.15) is 5.69 Å². The second-order valence-corrected chi connectivity index (χ2v) is 3.70. The summed E-state index contributed by atoms with van der Waals surface area (Å²) in [5, 5.41) is 0.142. The number of nitrogen functional groups attached to an aromatic ring is 2. The van der Waals surface area contributed by atoms with Crippen molar-refractivity contribution in [1.82, 2.24) is 9.97 Å². The van der Waals surface area contributed by atoms with Gasteiger partial charge in [-0.2, -0.15) is 9.97 Å². The van der Waals surface area contributed by atoms with E-state index in [0.29, 0.717) is 12.5 Å². The van der Waals surface area contributed by atoms with Gasteiger partial charge in [-0.15, -0.1) is 0 Å². The molecule has 6 heteroatoms. The molecule has 0 amide bonds. The third kappa shape index (κ3) is 1.98. The number of hydrogen-bond donors (Lipinski definition) is 2. The summed E-state index contributed by atoms with van der Waals surface area (Å²) < 4.78 is 5.38. The lowest BCUT2D eigenvalue weighted by Crippen LogP contribution is -2.07. The molecule has 1 heterocycles. The maximum atomic E-state index is 5.71. The Morgan fingerprint density at radius 3 is 2.71 bits per heavy atom. The van der Waals surface area contributed by atoms with Crippen LogP contribution in [0.15, 0.2) is 0 Å². The van der Waals surface area contributed by atoms with Crippen LogP contribution in [0.1, 0.15) is 12.8 Å². The highest BCUT2D eigenvalue weighted by molar-refractivity contribution is 6.32. The highest BCUT2D eigenvalue weighted by Crippen LogP contribution is 2.32. The summed E-state index contributed by atoms with van der Waals surface area (Å²) in [6.07, 6.45) is 2.41. The zero-order valence-corrected chi connectivity index (χ0v) is 8.29. The van der Waals surface area contributed by atoms with Crippen LogP contribution in [0.4, 0.5) is 11.6 Å². The molecule has 76 valence electrons. The summed E-state index contributed by atoms with van der Waals surface area (Å²) in [4.78, 5) is 7.57. The van der Waals surface area contributed by atoms with Gasteiger partial charge in [0, 0.05) is 0 Å². The van der Waals surface area contributed by atoms with Crippen molar-refractivity contribution < 1.29 is 4.74 Å². The standard InChI is InChI=1S/C8H11ClN4O/c9-6-5(10)7(13-8(11)12-6)14-3-4-1-2-4/h4H,1-3,10H2,(H2,11,12,13). The van der Waals surface area contributed by atoms with Crippen molar-refractivity contribution in [3.8, 4) is 5.88 Å². The number of ether oxygens (including phenoxy) is 1. The van der Waals surface area contributed by atoms with Gasteiger partial charge in [-0.25, -0.2) is 0 Å². The van der Waals surface area contributed by atoms with Gasteiger partial charge in [0.15, 0.2) is 5.15 Å². The number of nitrogens with zero attached hydrogens (tertiary/aromatic N) is 2. The van der Waals surface area contributed by atoms with Gasteiger partial charge < -0.3 is 16.2 Å². The van der Waals surface area contributed by atoms with Crippen LogP contribution in [0.5, 0.6) is 5.88 Å². The molecule has 0 unspecified atom stereocenters. The minimum atomic E-state index is 0.0787. The number of aromatic nitrogens is 2. The predicted octanol–water partition coefficient (Wildman–Crippen LogP) is 1.08. The first-order valence-electron chi connectivity index (χ1n) is 4.38. The summed E-state index contributed by atoms with van der Waals surface area (Å²) in [5.41, 5.74) is 11.3. The fourth-order valence-corrected chi connectivity index (χ4v) is 1.20. The van der Waals surface area contributed by atoms with Gasteiger partial charge in [0.25, 0.3) is 0 Å². The van der Waals surface area contributed by atoms with E-state index in [1.165, 1.54) is 12.8 Å². The van der Waals surface area contributed by atoms with Crippen molar-refractivity contribution >= 4 is 23.2 Å². The molecule has 1 saturated carbocycles. The predicted molar refractivity (Wildman–Crippen MR) is 54.1 cm³/mol. The second-order valence-electron chi connectivity index (χ2n) is 3.35. The summed E-state index contributed by atoms with van der Waals surface area (Å²) in [6, 6.07) is 0. The third-order valence-electron chi connectivity index (χ3n) is 2.03. The van der Waals surface area contributed by atoms with Gasteiger partial charge in [-0.3, -0.25) is 0 Å². The van der Waals surface area contributed by atoms with Crippen molar-refractivity contribution in [2.75, 3.05) is 18.1 Å². The molecule has 5 nitrogen and oxygen atoms in total. The van der Waals surface area contributed by atoms with Crippen LogP contribution < -0.4 is 16.2 Å². The molecule has 0 radical (unpaired) electrons. The Labute approximate surface area is 86.4 Å². The van der Waals surface area contributed by atoms with E-state index in [1.54, 1.807) is 0 Å². The van der Waals surface area contributed by atoms with Crippen molar-refractivity contribution in [1.29, 1.82) is 0 Å². The van der Waals surface area contributed by atoms with Gasteiger partial charge in [0.2, 0.25) is 11.8 Å². The van der Waals surface area contributed by atoms with E-state index in [-0.39, 0.29) is 22.7 Å². The molecule has 1 aliphatic rings. The molecule has 0 spiro atoms. The first kappa shape index (κ1) is 9.33. The van der Waals surface area contributed by atoms with Crippen molar-refractivity contribution in [3.63, 3.8) is 0 Å². The summed E-state index contributed by atoms with van der Waals surface area (Å²) in [7, 11) is 0. The second kappa shape index (κ2) is 3.49. The van der Waals surface area contributed by atoms with E-state index in [1.807, 2.05) is 0 Å². The molecule has 0 aliphatic heterocycles. The lowest BCUT2D eigenvalue weighted by molar-refractivity contribution is 0.290. The molecule has 0 bridgehead atoms. The SMILES string of the molecule is Nc1nc(Cl)c(N)c(OCC2CC2)n1. The van der Waals surface area contributed by atoms with Crippen molar-refractivity contribution in [3.05, 3.63) is 5.15 Å². The normalized spacial score (nSPS) is 15.5. The first-order chi connectivity index (χ1) is 6.66. The number of hydrogen-bond acceptors (Lipinski definition) is 5. The molecule has 2 rings (SSSR count). The summed E-state index contributed by atoms with van der Waals surface area (Å²) >= 11 is 5.71. The third-order valence-corrected chi connectivity index (χ3v) is 2.32. The van der Waals surface area contributed by atoms with Crippen LogP contribution in [-0.4, -0.2) is 16.6 Å².